The molecule has 2 heterocycles. The highest BCUT2D eigenvalue weighted by Crippen LogP contribution is 2.36. The van der Waals surface area contributed by atoms with Crippen LogP contribution in [0.1, 0.15) is 31.4 Å². The molecule has 0 aliphatic heterocycles. The predicted octanol–water partition coefficient (Wildman–Crippen LogP) is 4.63. The van der Waals surface area contributed by atoms with Gasteiger partial charge in [-0.25, -0.2) is 0 Å². The van der Waals surface area contributed by atoms with Crippen LogP contribution in [0.2, 0.25) is 0 Å². The Morgan fingerprint density at radius 1 is 1.11 bits per heavy atom. The average molecular weight is 369 g/mol. The first-order chi connectivity index (χ1) is 13.7. The maximum Gasteiger partial charge on any atom is 0.216 e. The van der Waals surface area contributed by atoms with E-state index in [4.69, 9.17) is 0 Å². The van der Waals surface area contributed by atoms with Crippen molar-refractivity contribution in [2.45, 2.75) is 32.4 Å². The van der Waals surface area contributed by atoms with Gasteiger partial charge < -0.3 is 4.57 Å². The van der Waals surface area contributed by atoms with Gasteiger partial charge in [0.05, 0.1) is 10.9 Å². The van der Waals surface area contributed by atoms with Crippen LogP contribution < -0.4 is 4.57 Å². The molecule has 3 atom stereocenters. The minimum atomic E-state index is -0.0568. The molecule has 3 nitrogen and oxygen atoms in total. The van der Waals surface area contributed by atoms with Gasteiger partial charge in [-0.3, -0.25) is 4.79 Å². The summed E-state index contributed by atoms with van der Waals surface area (Å²) < 4.78 is 4.40. The van der Waals surface area contributed by atoms with Crippen molar-refractivity contribution in [1.29, 1.82) is 0 Å². The molecule has 2 aliphatic rings. The monoisotopic (exact) mass is 369 g/mol. The molecule has 0 spiro atoms. The second kappa shape index (κ2) is 6.90. The molecule has 28 heavy (non-hydrogen) atoms. The van der Waals surface area contributed by atoms with Crippen LogP contribution in [0.15, 0.2) is 84.9 Å². The van der Waals surface area contributed by atoms with Crippen molar-refractivity contribution in [1.82, 2.24) is 4.57 Å². The first-order valence-corrected chi connectivity index (χ1v) is 10.1. The molecular weight excluding hydrogens is 344 g/mol. The zero-order chi connectivity index (χ0) is 19.1. The maximum atomic E-state index is 13.2. The summed E-state index contributed by atoms with van der Waals surface area (Å²) >= 11 is 0. The van der Waals surface area contributed by atoms with Gasteiger partial charge in [0.15, 0.2) is 12.4 Å². The van der Waals surface area contributed by atoms with Crippen LogP contribution in [0, 0.1) is 11.8 Å². The third kappa shape index (κ3) is 3.01. The first-order valence-electron chi connectivity index (χ1n) is 10.1. The third-order valence-electron chi connectivity index (χ3n) is 6.23. The van der Waals surface area contributed by atoms with Crippen LogP contribution in [0.25, 0.3) is 10.9 Å². The van der Waals surface area contributed by atoms with E-state index in [1.54, 1.807) is 0 Å². The number of aromatic nitrogens is 2. The lowest BCUT2D eigenvalue weighted by Crippen LogP contribution is -2.49. The molecule has 0 saturated heterocycles. The highest BCUT2D eigenvalue weighted by atomic mass is 16.1. The lowest BCUT2D eigenvalue weighted by Gasteiger charge is -2.31. The Balaban J connectivity index is 1.43. The minimum absolute atomic E-state index is 0.0367. The fraction of sp³-hybridized carbons (Fsp3) is 0.280. The van der Waals surface area contributed by atoms with E-state index < -0.39 is 0 Å². The summed E-state index contributed by atoms with van der Waals surface area (Å²) in [6.07, 6.45) is 14.9. The molecule has 0 amide bonds. The SMILES string of the molecule is CC1=CC2C(=O)C([n+]3ccc4c(ccn4Cc4ccccc4)c3)CCC2C=C1. The Bertz CT molecular complexity index is 1090. The second-order valence-corrected chi connectivity index (χ2v) is 8.12. The predicted molar refractivity (Wildman–Crippen MR) is 111 cm³/mol. The fourth-order valence-corrected chi connectivity index (χ4v) is 4.71. The van der Waals surface area contributed by atoms with Crippen molar-refractivity contribution < 1.29 is 9.36 Å². The first kappa shape index (κ1) is 17.2. The fourth-order valence-electron chi connectivity index (χ4n) is 4.71. The largest absolute Gasteiger partial charge is 0.343 e. The van der Waals surface area contributed by atoms with E-state index in [2.05, 4.69) is 89.3 Å². The Morgan fingerprint density at radius 3 is 2.82 bits per heavy atom. The van der Waals surface area contributed by atoms with Crippen LogP contribution in [0.4, 0.5) is 0 Å². The average Bonchev–Trinajstić information content (AvgIpc) is 3.11. The second-order valence-electron chi connectivity index (χ2n) is 8.12. The van der Waals surface area contributed by atoms with Crippen molar-refractivity contribution in [2.24, 2.45) is 11.8 Å². The topological polar surface area (TPSA) is 25.9 Å². The molecule has 1 fully saturated rings. The van der Waals surface area contributed by atoms with Gasteiger partial charge >= 0.3 is 0 Å². The Labute approximate surface area is 165 Å². The zero-order valence-corrected chi connectivity index (χ0v) is 16.2. The highest BCUT2D eigenvalue weighted by Gasteiger charge is 2.41. The van der Waals surface area contributed by atoms with E-state index >= 15 is 0 Å². The van der Waals surface area contributed by atoms with Crippen LogP contribution in [-0.2, 0) is 11.3 Å². The number of ketones is 1. The van der Waals surface area contributed by atoms with E-state index in [0.29, 0.717) is 11.7 Å². The van der Waals surface area contributed by atoms with Crippen LogP contribution in [0.3, 0.4) is 0 Å². The number of carbonyl (C=O) groups is 1. The number of hydrogen-bond donors (Lipinski definition) is 0. The molecule has 2 aliphatic carbocycles. The van der Waals surface area contributed by atoms with Gasteiger partial charge in [-0.15, -0.1) is 0 Å². The number of benzene rings is 1. The van der Waals surface area contributed by atoms with Crippen LogP contribution >= 0.6 is 0 Å². The number of rotatable bonds is 3. The molecule has 1 aromatic carbocycles. The number of allylic oxidation sites excluding steroid dienone is 4. The zero-order valence-electron chi connectivity index (χ0n) is 16.2. The van der Waals surface area contributed by atoms with Gasteiger partial charge in [0.2, 0.25) is 11.8 Å². The summed E-state index contributed by atoms with van der Waals surface area (Å²) in [7, 11) is 0. The quantitative estimate of drug-likeness (QED) is 0.618. The van der Waals surface area contributed by atoms with Gasteiger partial charge in [-0.1, -0.05) is 54.1 Å². The standard InChI is InChI=1S/C25H25N2O/c1-18-7-8-20-9-10-24(25(28)22(20)15-18)27-14-12-23-21(17-27)11-13-26(23)16-19-5-3-2-4-6-19/h2-8,11-15,17,20,22,24H,9-10,16H2,1H3/q+1. The van der Waals surface area contributed by atoms with Crippen LogP contribution in [-0.4, -0.2) is 10.4 Å². The van der Waals surface area contributed by atoms with Gasteiger partial charge in [0.1, 0.15) is 0 Å². The molecule has 0 bridgehead atoms. The van der Waals surface area contributed by atoms with Gasteiger partial charge in [-0.05, 0) is 30.9 Å². The number of pyridine rings is 1. The van der Waals surface area contributed by atoms with Crippen molar-refractivity contribution in [3.8, 4) is 0 Å². The molecule has 3 heteroatoms. The number of fused-ring (bicyclic) bond motifs is 2. The van der Waals surface area contributed by atoms with E-state index in [1.807, 2.05) is 6.07 Å². The van der Waals surface area contributed by atoms with Crippen molar-refractivity contribution in [2.75, 3.05) is 0 Å². The number of Topliss-reactive ketones (excluding diaryl/α,β-unsaturated/α-hetero) is 1. The molecule has 140 valence electrons. The third-order valence-corrected chi connectivity index (χ3v) is 6.23. The molecular formula is C25H25N2O+. The molecule has 2 aromatic heterocycles. The summed E-state index contributed by atoms with van der Waals surface area (Å²) in [5.74, 6) is 0.770. The van der Waals surface area contributed by atoms with Crippen molar-refractivity contribution >= 4 is 16.7 Å². The van der Waals surface area contributed by atoms with E-state index in [0.717, 1.165) is 19.4 Å². The summed E-state index contributed by atoms with van der Waals surface area (Å²) in [6.45, 7) is 2.94. The number of hydrogen-bond acceptors (Lipinski definition) is 1. The van der Waals surface area contributed by atoms with Gasteiger partial charge in [-0.2, -0.15) is 4.57 Å². The van der Waals surface area contributed by atoms with Crippen LogP contribution in [0.5, 0.6) is 0 Å². The van der Waals surface area contributed by atoms with Gasteiger partial charge in [0.25, 0.3) is 0 Å². The maximum absolute atomic E-state index is 13.2. The van der Waals surface area contributed by atoms with E-state index in [1.165, 1.54) is 22.0 Å². The highest BCUT2D eigenvalue weighted by molar-refractivity contribution is 5.87. The Hall–Kier alpha value is -2.94. The lowest BCUT2D eigenvalue weighted by atomic mass is 9.73. The molecule has 0 radical (unpaired) electrons. The summed E-state index contributed by atoms with van der Waals surface area (Å²) in [5, 5.41) is 1.18. The summed E-state index contributed by atoms with van der Waals surface area (Å²) in [5.41, 5.74) is 3.70. The van der Waals surface area contributed by atoms with E-state index in [9.17, 15) is 4.79 Å². The molecule has 1 saturated carbocycles. The molecule has 3 aromatic rings. The minimum Gasteiger partial charge on any atom is -0.343 e. The molecule has 3 unspecified atom stereocenters. The Morgan fingerprint density at radius 2 is 1.96 bits per heavy atom. The van der Waals surface area contributed by atoms with E-state index in [-0.39, 0.29) is 12.0 Å². The van der Waals surface area contributed by atoms with Crippen molar-refractivity contribution in [3.63, 3.8) is 0 Å². The number of carbonyl (C=O) groups excluding carboxylic acids is 1. The molecule has 5 rings (SSSR count). The lowest BCUT2D eigenvalue weighted by molar-refractivity contribution is -0.709. The number of nitrogens with zero attached hydrogens (tertiary/aromatic N) is 2. The smallest absolute Gasteiger partial charge is 0.216 e. The normalized spacial score (nSPS) is 24.2. The van der Waals surface area contributed by atoms with Crippen molar-refractivity contribution in [3.05, 3.63) is 90.4 Å². The summed E-state index contributed by atoms with van der Waals surface area (Å²) in [4.78, 5) is 13.2. The molecule has 0 N–H and O–H groups in total. The van der Waals surface area contributed by atoms with Gasteiger partial charge in [0, 0.05) is 31.1 Å². The summed E-state index contributed by atoms with van der Waals surface area (Å²) in [6, 6.07) is 14.8. The Kier molecular flexibility index (Phi) is 4.23.